The van der Waals surface area contributed by atoms with Crippen LogP contribution in [0.5, 0.6) is 0 Å². The zero-order valence-electron chi connectivity index (χ0n) is 20.4. The molecule has 0 aromatic heterocycles. The van der Waals surface area contributed by atoms with Crippen LogP contribution in [0.25, 0.3) is 0 Å². The summed E-state index contributed by atoms with van der Waals surface area (Å²) >= 11 is 0. The van der Waals surface area contributed by atoms with Gasteiger partial charge in [-0.05, 0) is 80.0 Å². The highest BCUT2D eigenvalue weighted by Gasteiger charge is 2.55. The van der Waals surface area contributed by atoms with Gasteiger partial charge in [-0.25, -0.2) is 0 Å². The number of fused-ring (bicyclic) bond motifs is 5. The molecule has 0 heterocycles. The minimum atomic E-state index is -1.53. The molecular formula is C28H44O3. The van der Waals surface area contributed by atoms with E-state index in [9.17, 15) is 15.3 Å². The molecule has 0 saturated heterocycles. The number of rotatable bonds is 6. The van der Waals surface area contributed by atoms with Crippen LogP contribution < -0.4 is 0 Å². The molecule has 2 saturated carbocycles. The number of hydrogen-bond acceptors (Lipinski definition) is 3. The molecule has 0 aliphatic heterocycles. The zero-order chi connectivity index (χ0) is 22.7. The SMILES string of the molecule is CCC(O)(CC)CC[C@H](C)C1=CC[C@H]2C3=CC=C4CC(O)(O)CC[C@]4(C)[C@H]3CC[C@]12C. The molecule has 0 amide bonds. The molecule has 4 rings (SSSR count). The maximum atomic E-state index is 10.8. The number of allylic oxidation sites excluding steroid dienone is 5. The summed E-state index contributed by atoms with van der Waals surface area (Å²) in [7, 11) is 0. The van der Waals surface area contributed by atoms with Gasteiger partial charge in [-0.3, -0.25) is 0 Å². The van der Waals surface area contributed by atoms with Gasteiger partial charge in [0.05, 0.1) is 5.60 Å². The fraction of sp³-hybridized carbons (Fsp3) is 0.786. The molecule has 0 radical (unpaired) electrons. The van der Waals surface area contributed by atoms with Gasteiger partial charge in [-0.15, -0.1) is 0 Å². The van der Waals surface area contributed by atoms with Crippen LogP contribution in [0, 0.1) is 28.6 Å². The lowest BCUT2D eigenvalue weighted by Crippen LogP contribution is -2.48. The normalized spacial score (nSPS) is 37.7. The van der Waals surface area contributed by atoms with E-state index >= 15 is 0 Å². The third-order valence-electron chi connectivity index (χ3n) is 10.1. The zero-order valence-corrected chi connectivity index (χ0v) is 20.4. The first-order valence-corrected chi connectivity index (χ1v) is 12.8. The van der Waals surface area contributed by atoms with E-state index in [1.54, 1.807) is 11.1 Å². The molecule has 2 fully saturated rings. The van der Waals surface area contributed by atoms with Gasteiger partial charge in [-0.2, -0.15) is 0 Å². The van der Waals surface area contributed by atoms with E-state index in [4.69, 9.17) is 0 Å². The highest BCUT2D eigenvalue weighted by Crippen LogP contribution is 2.65. The Morgan fingerprint density at radius 2 is 1.74 bits per heavy atom. The monoisotopic (exact) mass is 428 g/mol. The van der Waals surface area contributed by atoms with E-state index in [2.05, 4.69) is 52.8 Å². The first-order chi connectivity index (χ1) is 14.5. The van der Waals surface area contributed by atoms with Crippen LogP contribution in [0.2, 0.25) is 0 Å². The van der Waals surface area contributed by atoms with Crippen LogP contribution in [-0.2, 0) is 0 Å². The summed E-state index contributed by atoms with van der Waals surface area (Å²) in [6, 6.07) is 0. The van der Waals surface area contributed by atoms with Gasteiger partial charge in [0.25, 0.3) is 0 Å². The topological polar surface area (TPSA) is 60.7 Å². The van der Waals surface area contributed by atoms with Gasteiger partial charge < -0.3 is 15.3 Å². The van der Waals surface area contributed by atoms with Crippen molar-refractivity contribution in [2.75, 3.05) is 0 Å². The quantitative estimate of drug-likeness (QED) is 0.356. The molecule has 5 atom stereocenters. The third-order valence-corrected chi connectivity index (χ3v) is 10.1. The van der Waals surface area contributed by atoms with Gasteiger partial charge in [0.1, 0.15) is 0 Å². The second-order valence-corrected chi connectivity index (χ2v) is 11.8. The van der Waals surface area contributed by atoms with E-state index in [1.807, 2.05) is 0 Å². The average Bonchev–Trinajstić information content (AvgIpc) is 3.09. The van der Waals surface area contributed by atoms with Crippen molar-refractivity contribution in [3.05, 3.63) is 34.9 Å². The summed E-state index contributed by atoms with van der Waals surface area (Å²) in [5.74, 6) is 0.0941. The van der Waals surface area contributed by atoms with E-state index < -0.39 is 11.4 Å². The molecule has 174 valence electrons. The number of hydrogen-bond donors (Lipinski definition) is 3. The molecular weight excluding hydrogens is 384 g/mol. The van der Waals surface area contributed by atoms with Crippen molar-refractivity contribution in [2.24, 2.45) is 28.6 Å². The van der Waals surface area contributed by atoms with Crippen molar-refractivity contribution >= 4 is 0 Å². The van der Waals surface area contributed by atoms with Crippen LogP contribution in [0.1, 0.15) is 98.8 Å². The summed E-state index contributed by atoms with van der Waals surface area (Å²) in [5.41, 5.74) is 4.27. The van der Waals surface area contributed by atoms with Crippen molar-refractivity contribution < 1.29 is 15.3 Å². The molecule has 3 heteroatoms. The first-order valence-electron chi connectivity index (χ1n) is 12.8. The van der Waals surface area contributed by atoms with Gasteiger partial charge in [0.15, 0.2) is 5.79 Å². The Bertz CT molecular complexity index is 799. The smallest absolute Gasteiger partial charge is 0.166 e. The molecule has 0 aromatic rings. The van der Waals surface area contributed by atoms with Gasteiger partial charge >= 0.3 is 0 Å². The van der Waals surface area contributed by atoms with E-state index in [0.29, 0.717) is 30.6 Å². The molecule has 0 unspecified atom stereocenters. The lowest BCUT2D eigenvalue weighted by Gasteiger charge is -2.55. The predicted molar refractivity (Wildman–Crippen MR) is 126 cm³/mol. The predicted octanol–water partition coefficient (Wildman–Crippen LogP) is 6.05. The van der Waals surface area contributed by atoms with E-state index in [0.717, 1.165) is 38.5 Å². The Morgan fingerprint density at radius 1 is 1.03 bits per heavy atom. The first kappa shape index (κ1) is 23.3. The Kier molecular flexibility index (Phi) is 5.89. The average molecular weight is 429 g/mol. The largest absolute Gasteiger partial charge is 0.390 e. The summed E-state index contributed by atoms with van der Waals surface area (Å²) in [5, 5.41) is 31.2. The second-order valence-electron chi connectivity index (χ2n) is 11.8. The molecule has 0 bridgehead atoms. The van der Waals surface area contributed by atoms with Crippen LogP contribution in [0.3, 0.4) is 0 Å². The molecule has 4 aliphatic rings. The Morgan fingerprint density at radius 3 is 2.42 bits per heavy atom. The standard InChI is InChI=1S/C28H44O3/c1-6-27(29,7-2)15-12-19(3)22-10-11-23-21-9-8-20-18-28(30,31)17-16-25(20,4)24(21)13-14-26(22,23)5/h8-10,19,23-24,29-31H,6-7,11-18H2,1-5H3/t19-,23-,24-,25-,26+/m0/s1. The molecule has 3 nitrogen and oxygen atoms in total. The maximum Gasteiger partial charge on any atom is 0.166 e. The maximum absolute atomic E-state index is 10.8. The van der Waals surface area contributed by atoms with E-state index in [1.165, 1.54) is 18.4 Å². The van der Waals surface area contributed by atoms with Crippen LogP contribution >= 0.6 is 0 Å². The van der Waals surface area contributed by atoms with Gasteiger partial charge in [0.2, 0.25) is 0 Å². The van der Waals surface area contributed by atoms with Crippen LogP contribution in [-0.4, -0.2) is 26.7 Å². The Labute approximate surface area is 189 Å². The summed E-state index contributed by atoms with van der Waals surface area (Å²) in [4.78, 5) is 0. The minimum Gasteiger partial charge on any atom is -0.390 e. The molecule has 0 aromatic carbocycles. The summed E-state index contributed by atoms with van der Waals surface area (Å²) in [6.45, 7) is 11.4. The molecule has 31 heavy (non-hydrogen) atoms. The fourth-order valence-electron chi connectivity index (χ4n) is 7.60. The summed E-state index contributed by atoms with van der Waals surface area (Å²) < 4.78 is 0. The van der Waals surface area contributed by atoms with Gasteiger partial charge in [-0.1, -0.05) is 69.6 Å². The van der Waals surface area contributed by atoms with Crippen molar-refractivity contribution in [3.8, 4) is 0 Å². The van der Waals surface area contributed by atoms with Gasteiger partial charge in [0, 0.05) is 12.8 Å². The molecule has 0 spiro atoms. The highest BCUT2D eigenvalue weighted by atomic mass is 16.5. The lowest BCUT2D eigenvalue weighted by atomic mass is 9.50. The number of aliphatic hydroxyl groups is 3. The van der Waals surface area contributed by atoms with E-state index in [-0.39, 0.29) is 10.8 Å². The van der Waals surface area contributed by atoms with Crippen molar-refractivity contribution in [3.63, 3.8) is 0 Å². The van der Waals surface area contributed by atoms with Crippen molar-refractivity contribution in [1.82, 2.24) is 0 Å². The third kappa shape index (κ3) is 3.79. The lowest BCUT2D eigenvalue weighted by molar-refractivity contribution is -0.183. The highest BCUT2D eigenvalue weighted by molar-refractivity contribution is 5.42. The second kappa shape index (κ2) is 7.85. The molecule has 4 aliphatic carbocycles. The van der Waals surface area contributed by atoms with Crippen LogP contribution in [0.4, 0.5) is 0 Å². The molecule has 3 N–H and O–H groups in total. The Hall–Kier alpha value is -0.900. The fourth-order valence-corrected chi connectivity index (χ4v) is 7.60. The van der Waals surface area contributed by atoms with Crippen molar-refractivity contribution in [2.45, 2.75) is 110 Å². The minimum absolute atomic E-state index is 0.0769. The Balaban J connectivity index is 1.54. The summed E-state index contributed by atoms with van der Waals surface area (Å²) in [6.07, 6.45) is 16.0. The van der Waals surface area contributed by atoms with Crippen LogP contribution in [0.15, 0.2) is 34.9 Å². The van der Waals surface area contributed by atoms with Crippen molar-refractivity contribution in [1.29, 1.82) is 0 Å².